The van der Waals surface area contributed by atoms with E-state index in [1.807, 2.05) is 29.2 Å². The van der Waals surface area contributed by atoms with E-state index in [-0.39, 0.29) is 5.91 Å². The van der Waals surface area contributed by atoms with Crippen molar-refractivity contribution in [3.8, 4) is 0 Å². The number of carbonyl (C=O) groups is 1. The molecule has 2 N–H and O–H groups in total. The number of rotatable bonds is 4. The van der Waals surface area contributed by atoms with Gasteiger partial charge in [-0.15, -0.1) is 0 Å². The number of benzene rings is 3. The van der Waals surface area contributed by atoms with Crippen LogP contribution in [0, 0.1) is 0 Å². The Bertz CT molecular complexity index is 986. The number of amides is 1. The lowest BCUT2D eigenvalue weighted by Crippen LogP contribution is -3.28. The molecule has 1 amide bonds. The lowest BCUT2D eigenvalue weighted by Gasteiger charge is -2.33. The van der Waals surface area contributed by atoms with Gasteiger partial charge in [0.15, 0.2) is 6.54 Å². The number of hydrogen-bond donors (Lipinski definition) is 2. The summed E-state index contributed by atoms with van der Waals surface area (Å²) in [6.07, 6.45) is 0. The molecule has 3 aromatic rings. The van der Waals surface area contributed by atoms with Gasteiger partial charge < -0.3 is 9.80 Å². The molecule has 5 heteroatoms. The molecular weight excluding hydrogens is 390 g/mol. The average Bonchev–Trinajstić information content (AvgIpc) is 2.79. The van der Waals surface area contributed by atoms with Gasteiger partial charge in [0.05, 0.1) is 11.4 Å². The largest absolute Gasteiger partial charge is 0.322 e. The Morgan fingerprint density at radius 3 is 1.90 bits per heavy atom. The van der Waals surface area contributed by atoms with Crippen LogP contribution in [0.2, 0.25) is 0 Å². The van der Waals surface area contributed by atoms with Crippen LogP contribution in [0.4, 0.5) is 11.4 Å². The molecule has 2 aliphatic heterocycles. The Morgan fingerprint density at radius 1 is 0.733 bits per heavy atom. The summed E-state index contributed by atoms with van der Waals surface area (Å²) in [5.74, 6) is 0.191. The summed E-state index contributed by atoms with van der Waals surface area (Å²) in [5, 5.41) is 0. The van der Waals surface area contributed by atoms with E-state index in [0.29, 0.717) is 6.54 Å². The van der Waals surface area contributed by atoms with Crippen LogP contribution in [0.5, 0.6) is 0 Å². The molecule has 0 spiro atoms. The molecule has 0 aromatic heterocycles. The summed E-state index contributed by atoms with van der Waals surface area (Å²) in [5.41, 5.74) is 3.42. The molecule has 5 rings (SSSR count). The summed E-state index contributed by atoms with van der Waals surface area (Å²) in [7, 11) is 0. The van der Waals surface area contributed by atoms with Crippen LogP contribution in [-0.2, 0) is 11.3 Å². The Labute approximate surface area is 182 Å². The van der Waals surface area contributed by atoms with Gasteiger partial charge in [-0.1, -0.05) is 66.4 Å². The number of quaternary nitrogens is 2. The minimum Gasteiger partial charge on any atom is -0.322 e. The fourth-order valence-electron chi connectivity index (χ4n) is 4.46. The highest BCUT2D eigenvalue weighted by Gasteiger charge is 2.32. The normalized spacial score (nSPS) is 20.3. The SMILES string of the molecule is O=C(C[NH+]1CC[NH+](Cc2ccccc2)CC1)N1c2ccccc2Sc2ccccc21. The number of nitrogens with zero attached hydrogens (tertiary/aromatic N) is 1. The summed E-state index contributed by atoms with van der Waals surface area (Å²) >= 11 is 1.75. The van der Waals surface area contributed by atoms with E-state index >= 15 is 0 Å². The molecule has 0 bridgehead atoms. The molecule has 1 saturated heterocycles. The van der Waals surface area contributed by atoms with Gasteiger partial charge in [0.25, 0.3) is 5.91 Å². The van der Waals surface area contributed by atoms with Crippen molar-refractivity contribution < 1.29 is 14.6 Å². The number of fused-ring (bicyclic) bond motifs is 2. The fraction of sp³-hybridized carbons (Fsp3) is 0.240. The van der Waals surface area contributed by atoms with Crippen LogP contribution in [0.3, 0.4) is 0 Å². The number of hydrogen-bond acceptors (Lipinski definition) is 2. The molecule has 0 aliphatic carbocycles. The first kappa shape index (κ1) is 19.4. The van der Waals surface area contributed by atoms with E-state index in [4.69, 9.17) is 0 Å². The minimum absolute atomic E-state index is 0.191. The third-order valence-corrected chi connectivity index (χ3v) is 7.17. The lowest BCUT2D eigenvalue weighted by atomic mass is 10.2. The maximum Gasteiger partial charge on any atom is 0.286 e. The monoisotopic (exact) mass is 417 g/mol. The van der Waals surface area contributed by atoms with Crippen LogP contribution in [0.1, 0.15) is 5.56 Å². The van der Waals surface area contributed by atoms with Gasteiger partial charge in [-0.25, -0.2) is 0 Å². The molecule has 0 atom stereocenters. The van der Waals surface area contributed by atoms with Crippen molar-refractivity contribution in [2.45, 2.75) is 16.3 Å². The molecule has 152 valence electrons. The summed E-state index contributed by atoms with van der Waals surface area (Å²) in [6.45, 7) is 5.93. The van der Waals surface area contributed by atoms with Crippen molar-refractivity contribution in [2.24, 2.45) is 0 Å². The zero-order valence-corrected chi connectivity index (χ0v) is 17.8. The second kappa shape index (κ2) is 8.64. The van der Waals surface area contributed by atoms with Crippen molar-refractivity contribution in [1.29, 1.82) is 0 Å². The van der Waals surface area contributed by atoms with Gasteiger partial charge in [0.1, 0.15) is 32.7 Å². The third kappa shape index (κ3) is 4.01. The van der Waals surface area contributed by atoms with E-state index in [1.54, 1.807) is 16.7 Å². The third-order valence-electron chi connectivity index (χ3n) is 6.04. The molecule has 4 nitrogen and oxygen atoms in total. The molecule has 0 unspecified atom stereocenters. The molecule has 2 heterocycles. The van der Waals surface area contributed by atoms with Gasteiger partial charge in [-0.2, -0.15) is 0 Å². The van der Waals surface area contributed by atoms with E-state index in [9.17, 15) is 4.79 Å². The van der Waals surface area contributed by atoms with Gasteiger partial charge in [-0.05, 0) is 24.3 Å². The van der Waals surface area contributed by atoms with E-state index < -0.39 is 0 Å². The van der Waals surface area contributed by atoms with Crippen molar-refractivity contribution >= 4 is 29.0 Å². The van der Waals surface area contributed by atoms with Gasteiger partial charge in [0, 0.05) is 15.4 Å². The topological polar surface area (TPSA) is 29.2 Å². The first-order chi connectivity index (χ1) is 14.8. The smallest absolute Gasteiger partial charge is 0.286 e. The molecule has 3 aromatic carbocycles. The van der Waals surface area contributed by atoms with Crippen molar-refractivity contribution in [2.75, 3.05) is 37.6 Å². The lowest BCUT2D eigenvalue weighted by molar-refractivity contribution is -1.02. The second-order valence-electron chi connectivity index (χ2n) is 8.11. The van der Waals surface area contributed by atoms with Crippen LogP contribution < -0.4 is 14.7 Å². The number of carbonyl (C=O) groups excluding carboxylic acids is 1. The van der Waals surface area contributed by atoms with E-state index in [2.05, 4.69) is 54.6 Å². The molecule has 0 radical (unpaired) electrons. The Hall–Kier alpha value is -2.60. The highest BCUT2D eigenvalue weighted by molar-refractivity contribution is 7.99. The minimum atomic E-state index is 0.191. The summed E-state index contributed by atoms with van der Waals surface area (Å²) < 4.78 is 0. The van der Waals surface area contributed by atoms with E-state index in [1.165, 1.54) is 10.5 Å². The zero-order valence-electron chi connectivity index (χ0n) is 17.0. The first-order valence-electron chi connectivity index (χ1n) is 10.7. The van der Waals surface area contributed by atoms with Crippen LogP contribution >= 0.6 is 11.8 Å². The van der Waals surface area contributed by atoms with Crippen molar-refractivity contribution in [3.63, 3.8) is 0 Å². The van der Waals surface area contributed by atoms with Gasteiger partial charge in [-0.3, -0.25) is 9.69 Å². The standard InChI is InChI=1S/C25H25N3OS/c29-25(19-27-16-14-26(15-17-27)18-20-8-2-1-3-9-20)28-21-10-4-6-12-23(21)30-24-13-7-5-11-22(24)28/h1-13H,14-19H2/p+2. The Kier molecular flexibility index (Phi) is 5.58. The number of para-hydroxylation sites is 2. The van der Waals surface area contributed by atoms with Crippen LogP contribution in [0.15, 0.2) is 88.7 Å². The second-order valence-corrected chi connectivity index (χ2v) is 9.19. The average molecular weight is 418 g/mol. The first-order valence-corrected chi connectivity index (χ1v) is 11.5. The predicted molar refractivity (Wildman–Crippen MR) is 121 cm³/mol. The zero-order chi connectivity index (χ0) is 20.3. The number of anilines is 2. The van der Waals surface area contributed by atoms with Crippen molar-refractivity contribution in [3.05, 3.63) is 84.4 Å². The number of nitrogens with one attached hydrogen (secondary N) is 2. The van der Waals surface area contributed by atoms with Crippen LogP contribution in [0.25, 0.3) is 0 Å². The van der Waals surface area contributed by atoms with Crippen LogP contribution in [-0.4, -0.2) is 38.6 Å². The molecule has 0 saturated carbocycles. The van der Waals surface area contributed by atoms with Gasteiger partial charge in [0.2, 0.25) is 0 Å². The molecular formula is C25H27N3OS+2. The highest BCUT2D eigenvalue weighted by atomic mass is 32.2. The predicted octanol–water partition coefficient (Wildman–Crippen LogP) is 1.80. The fourth-order valence-corrected chi connectivity index (χ4v) is 5.52. The number of piperazine rings is 1. The Morgan fingerprint density at radius 2 is 1.27 bits per heavy atom. The summed E-state index contributed by atoms with van der Waals surface area (Å²) in [4.78, 5) is 20.7. The Balaban J connectivity index is 1.26. The maximum atomic E-state index is 13.5. The highest BCUT2D eigenvalue weighted by Crippen LogP contribution is 2.47. The molecule has 2 aliphatic rings. The summed E-state index contributed by atoms with van der Waals surface area (Å²) in [6, 6.07) is 27.2. The molecule has 1 fully saturated rings. The molecule has 30 heavy (non-hydrogen) atoms. The maximum absolute atomic E-state index is 13.5. The van der Waals surface area contributed by atoms with Gasteiger partial charge >= 0.3 is 0 Å². The van der Waals surface area contributed by atoms with E-state index in [0.717, 1.165) is 53.9 Å². The van der Waals surface area contributed by atoms with Crippen molar-refractivity contribution in [1.82, 2.24) is 0 Å². The quantitative estimate of drug-likeness (QED) is 0.678.